The van der Waals surface area contributed by atoms with Crippen molar-refractivity contribution in [2.75, 3.05) is 0 Å². The van der Waals surface area contributed by atoms with Crippen LogP contribution in [0.4, 0.5) is 0 Å². The van der Waals surface area contributed by atoms with Crippen molar-refractivity contribution in [1.82, 2.24) is 44.9 Å². The Morgan fingerprint density at radius 3 is 0.966 bits per heavy atom. The Morgan fingerprint density at radius 1 is 0.243 bits per heavy atom. The molecule has 0 saturated heterocycles. The number of aryl methyl sites for hydroxylation is 18. The topological polar surface area (TPSA) is 155 Å². The van der Waals surface area contributed by atoms with Crippen LogP contribution in [0.1, 0.15) is 184 Å². The number of pyridine rings is 9. The van der Waals surface area contributed by atoms with Gasteiger partial charge in [0, 0.05) is 188 Å². The van der Waals surface area contributed by atoms with E-state index in [4.69, 9.17) is 70.8 Å². The number of furan rings is 3. The Morgan fingerprint density at radius 2 is 0.608 bits per heavy atom. The Kier molecular flexibility index (Phi) is 20.6. The molecule has 23 rings (SSSR count). The van der Waals surface area contributed by atoms with Crippen LogP contribution in [0, 0.1) is 160 Å². The summed E-state index contributed by atoms with van der Waals surface area (Å²) < 4.78 is 345. The number of rotatable bonds is 11. The van der Waals surface area contributed by atoms with E-state index in [1.165, 1.54) is 115 Å². The van der Waals surface area contributed by atoms with Crippen LogP contribution in [-0.2, 0) is 65.7 Å². The quantitative estimate of drug-likeness (QED) is 0.113. The van der Waals surface area contributed by atoms with Crippen LogP contribution in [0.3, 0.4) is 0 Å². The fourth-order valence-corrected chi connectivity index (χ4v) is 16.4. The monoisotopic (exact) mass is 2510 g/mol. The van der Waals surface area contributed by atoms with Crippen molar-refractivity contribution in [3.05, 3.63) is 459 Å². The maximum absolute atomic E-state index is 8.05. The summed E-state index contributed by atoms with van der Waals surface area (Å²) in [7, 11) is 0. The molecule has 0 unspecified atom stereocenters. The van der Waals surface area contributed by atoms with E-state index in [1.807, 2.05) is 79.0 Å². The summed E-state index contributed by atoms with van der Waals surface area (Å²) in [5, 5.41) is 3.77. The summed E-state index contributed by atoms with van der Waals surface area (Å²) in [6.45, 7) is -19.9. The van der Waals surface area contributed by atoms with E-state index in [2.05, 4.69) is 102 Å². The Hall–Kier alpha value is -14.9. The Balaban J connectivity index is 0.000000166. The summed E-state index contributed by atoms with van der Waals surface area (Å²) >= 11 is 0. The Labute approximate surface area is 968 Å². The first-order chi connectivity index (χ1) is 86.8. The summed E-state index contributed by atoms with van der Waals surface area (Å²) in [5.41, 5.74) is 16.3. The molecule has 0 spiro atoms. The summed E-state index contributed by atoms with van der Waals surface area (Å²) in [6, 6.07) is 95.4. The van der Waals surface area contributed by atoms with E-state index in [0.717, 1.165) is 39.1 Å². The number of benzene rings is 11. The van der Waals surface area contributed by atoms with Gasteiger partial charge in [-0.2, -0.15) is 0 Å². The van der Waals surface area contributed by atoms with Crippen LogP contribution in [0.5, 0.6) is 0 Å². The van der Waals surface area contributed by atoms with Crippen molar-refractivity contribution in [2.45, 2.75) is 150 Å². The molecule has 12 heterocycles. The minimum Gasteiger partial charge on any atom is -0.486 e. The van der Waals surface area contributed by atoms with E-state index in [0.29, 0.717) is 128 Å². The minimum atomic E-state index is -2.55. The van der Waals surface area contributed by atoms with Crippen molar-refractivity contribution < 1.29 is 131 Å². The molecule has 0 N–H and O–H groups in total. The van der Waals surface area contributed by atoms with Gasteiger partial charge in [0.05, 0.1) is 16.7 Å². The molecule has 15 heteroatoms. The van der Waals surface area contributed by atoms with Crippen molar-refractivity contribution in [1.29, 1.82) is 0 Å². The normalized spacial score (nSPS) is 16.4. The largest absolute Gasteiger partial charge is 0.486 e. The van der Waals surface area contributed by atoms with Gasteiger partial charge in [-0.3, -0.25) is 0 Å². The second-order valence-corrected chi connectivity index (χ2v) is 35.3. The third-order valence-corrected chi connectivity index (χ3v) is 24.0. The SMILES string of the molecule is [2H]C([2H])([2H])c1c[c-]c(-c2ccc(C(C)(C)C)cn2)cc1.[2H]C([2H])([2H])c1ccc(-c2[c-]cc(C([2H])([2H])[2H])c(-c3ccccc3)c2)nc1.[2H]C([2H])([2H])c1ccc2c(n1)oc1c(-c3cc(-c4ccc(C)cc4C([2H])([2H])[2H])c(C([2H])([2H])[2H])cn3)[c-]ccc12.[2H]C([2H])([2H])c1ccc2c(n1)oc1c(-c3cc(-c4ccc(C)cc4C([2H])([2H])[2H])c(C([2H])([2H])[2H])cn3)[c-]ccc12.[2H]C([2H])([2H])c1ccc2c(n1)oc1c(-c3cc(-c4ccc(C)cc4C([2H])([2H])[2H])c(C([2H])([2H])[2H])cn3)[c-]ccc12.[2H]C([2H])([2H])c1cnc(-c2[c-]cc(C([2H])([2H])[2H])c(-c3ccccc3)c2)cc1C.[Ir].[Ir].[Ir]. The molecular weight excluding hydrogens is 2350 g/mol. The molecule has 743 valence electrons. The molecule has 0 saturated carbocycles. The molecule has 0 fully saturated rings. The van der Waals surface area contributed by atoms with Crippen molar-refractivity contribution in [3.63, 3.8) is 0 Å². The molecule has 23 aromatic rings. The molecule has 0 amide bonds. The van der Waals surface area contributed by atoms with Crippen molar-refractivity contribution >= 4 is 66.2 Å². The molecule has 0 aliphatic rings. The predicted molar refractivity (Wildman–Crippen MR) is 597 cm³/mol. The maximum Gasteiger partial charge on any atom is 0.216 e. The van der Waals surface area contributed by atoms with Gasteiger partial charge in [0.1, 0.15) is 0 Å². The second-order valence-electron chi connectivity index (χ2n) is 35.3. The predicted octanol–water partition coefficient (Wildman–Crippen LogP) is 34.4. The van der Waals surface area contributed by atoms with E-state index < -0.39 is 95.9 Å². The van der Waals surface area contributed by atoms with Crippen LogP contribution in [0.2, 0.25) is 0 Å². The van der Waals surface area contributed by atoms with Gasteiger partial charge in [-0.25, -0.2) is 15.0 Å². The van der Waals surface area contributed by atoms with E-state index in [-0.39, 0.29) is 189 Å². The van der Waals surface area contributed by atoms with E-state index >= 15 is 0 Å². The molecule has 0 aliphatic carbocycles. The summed E-state index contributed by atoms with van der Waals surface area (Å²) in [6.07, 6.45) is 8.20. The first kappa shape index (κ1) is 65.0. The fourth-order valence-electron chi connectivity index (χ4n) is 16.4. The number of hydrogen-bond donors (Lipinski definition) is 0. The maximum atomic E-state index is 8.05. The second kappa shape index (κ2) is 46.9. The number of hydrogen-bond acceptors (Lipinski definition) is 12. The van der Waals surface area contributed by atoms with E-state index in [1.54, 1.807) is 155 Å². The van der Waals surface area contributed by atoms with Gasteiger partial charge in [-0.05, 0) is 274 Å². The fraction of sp³-hybridized carbons (Fsp3) is 0.165. The minimum absolute atomic E-state index is 0. The summed E-state index contributed by atoms with van der Waals surface area (Å²) in [4.78, 5) is 38.6. The third kappa shape index (κ3) is 24.2. The van der Waals surface area contributed by atoms with Crippen molar-refractivity contribution in [2.24, 2.45) is 0 Å². The van der Waals surface area contributed by atoms with Crippen molar-refractivity contribution in [3.8, 4) is 123 Å². The van der Waals surface area contributed by atoms with Gasteiger partial charge in [0.15, 0.2) is 0 Å². The first-order valence-corrected chi connectivity index (χ1v) is 45.6. The summed E-state index contributed by atoms with van der Waals surface area (Å²) in [5.74, 6) is 0. The van der Waals surface area contributed by atoms with Gasteiger partial charge in [-0.15, -0.1) is 149 Å². The zero-order valence-electron chi connectivity index (χ0n) is 122. The first-order valence-electron chi connectivity index (χ1n) is 66.6. The molecular formula is C133H115Ir3N9O3-6. The average Bonchev–Trinajstić information content (AvgIpc) is 1.56. The van der Waals surface area contributed by atoms with Crippen LogP contribution in [-0.4, -0.2) is 44.9 Å². The van der Waals surface area contributed by atoms with Crippen LogP contribution < -0.4 is 0 Å². The third-order valence-electron chi connectivity index (χ3n) is 24.0. The van der Waals surface area contributed by atoms with E-state index in [9.17, 15) is 0 Å². The number of fused-ring (bicyclic) bond motifs is 9. The van der Waals surface area contributed by atoms with Crippen LogP contribution in [0.25, 0.3) is 189 Å². The molecule has 0 bridgehead atoms. The number of aromatic nitrogens is 9. The smallest absolute Gasteiger partial charge is 0.216 e. The van der Waals surface area contributed by atoms with Crippen LogP contribution in [0.15, 0.2) is 329 Å². The molecule has 12 nitrogen and oxygen atoms in total. The molecule has 148 heavy (non-hydrogen) atoms. The van der Waals surface area contributed by atoms with Gasteiger partial charge < -0.3 is 43.2 Å². The van der Waals surface area contributed by atoms with Gasteiger partial charge in [-0.1, -0.05) is 271 Å². The van der Waals surface area contributed by atoms with Gasteiger partial charge in [0.25, 0.3) is 0 Å². The zero-order valence-corrected chi connectivity index (χ0v) is 87.5. The molecule has 0 atom stereocenters. The standard InChI is InChI=1S/3C26H21N2O.C20H18N.C19H16N.C16H18N.3Ir/c3*1-15-8-10-19(16(2)12-15)23-13-24(27-14-17(23)3)22-7-5-6-20-21-11-9-18(4)28-26(21)29-25(20)22;1-14-9-10-18(20-11-15(2)16(3)13-21-20)12-19(14)17-7-5-4-6-8-17;1-14-8-11-19(20-13-14)17-10-9-15(2)18(12-17)16-6-4-3-5-7-16;1-12-5-7-13(8-6-12)15-10-9-14(11-17-15)16(2,3)4;;;/h3*5-6,8-14H,1-4H3;4-9,11-13H,1-3H3;3-9,11-13H,1-2H3;5-7,9-11H,1-4H3;;;/q6*-1;;;/i3*2D3,3D3,4D3;1D3,3D3;1D3,2D3;1D3;;;. The molecule has 0 aliphatic heterocycles. The van der Waals surface area contributed by atoms with Gasteiger partial charge in [0.2, 0.25) is 17.1 Å². The average molecular weight is 2510 g/mol. The molecule has 12 aromatic heterocycles. The Bertz CT molecular complexity index is 9870. The zero-order chi connectivity index (χ0) is 137. The van der Waals surface area contributed by atoms with Gasteiger partial charge >= 0.3 is 0 Å². The molecule has 3 radical (unpaired) electrons. The molecule has 11 aromatic carbocycles. The van der Waals surface area contributed by atoms with Crippen LogP contribution >= 0.6 is 0 Å². The number of nitrogens with zero attached hydrogens (tertiary/aromatic N) is 9.